The molecule has 0 unspecified atom stereocenters. The Morgan fingerprint density at radius 1 is 1.29 bits per heavy atom. The smallest absolute Gasteiger partial charge is 0.308 e. The van der Waals surface area contributed by atoms with Gasteiger partial charge in [0.1, 0.15) is 4.83 Å². The molecule has 3 aromatic rings. The molecule has 0 saturated carbocycles. The summed E-state index contributed by atoms with van der Waals surface area (Å²) in [6.45, 7) is 2.24. The van der Waals surface area contributed by atoms with Crippen LogP contribution in [-0.2, 0) is 13.2 Å². The molecule has 0 aliphatic heterocycles. The van der Waals surface area contributed by atoms with Crippen LogP contribution < -0.4 is 4.90 Å². The van der Waals surface area contributed by atoms with Gasteiger partial charge in [0.25, 0.3) is 5.91 Å². The predicted octanol–water partition coefficient (Wildman–Crippen LogP) is 4.32. The summed E-state index contributed by atoms with van der Waals surface area (Å²) in [5.41, 5.74) is -0.255. The van der Waals surface area contributed by atoms with E-state index in [9.17, 15) is 18.0 Å². The Balaban J connectivity index is 2.05. The third-order valence-corrected chi connectivity index (χ3v) is 4.81. The van der Waals surface area contributed by atoms with Crippen molar-refractivity contribution in [2.24, 2.45) is 7.05 Å². The lowest BCUT2D eigenvalue weighted by molar-refractivity contribution is -0.140. The summed E-state index contributed by atoms with van der Waals surface area (Å²) >= 11 is 1.02. The number of aryl methyl sites for hydroxylation is 1. The molecular formula is C16H14F3N3OS. The van der Waals surface area contributed by atoms with Crippen molar-refractivity contribution in [3.8, 4) is 0 Å². The van der Waals surface area contributed by atoms with Gasteiger partial charge in [-0.1, -0.05) is 18.2 Å². The number of anilines is 1. The Bertz CT molecular complexity index is 883. The van der Waals surface area contributed by atoms with E-state index < -0.39 is 11.9 Å². The first-order valence-electron chi connectivity index (χ1n) is 7.23. The second-order valence-corrected chi connectivity index (χ2v) is 6.22. The van der Waals surface area contributed by atoms with Gasteiger partial charge in [0.15, 0.2) is 5.69 Å². The number of aromatic nitrogens is 2. The molecule has 0 N–H and O–H groups in total. The van der Waals surface area contributed by atoms with Crippen LogP contribution in [0.4, 0.5) is 18.9 Å². The van der Waals surface area contributed by atoms with E-state index in [4.69, 9.17) is 0 Å². The molecule has 24 heavy (non-hydrogen) atoms. The molecule has 4 nitrogen and oxygen atoms in total. The van der Waals surface area contributed by atoms with Gasteiger partial charge in [-0.2, -0.15) is 18.3 Å². The fraction of sp³-hybridized carbons (Fsp3) is 0.250. The lowest BCUT2D eigenvalue weighted by atomic mass is 10.2. The fourth-order valence-corrected chi connectivity index (χ4v) is 3.56. The van der Waals surface area contributed by atoms with Crippen molar-refractivity contribution in [2.75, 3.05) is 11.4 Å². The number of thiophene rings is 1. The van der Waals surface area contributed by atoms with Gasteiger partial charge >= 0.3 is 6.18 Å². The molecule has 1 aromatic carbocycles. The predicted molar refractivity (Wildman–Crippen MR) is 87.4 cm³/mol. The third-order valence-electron chi connectivity index (χ3n) is 3.62. The van der Waals surface area contributed by atoms with Gasteiger partial charge in [-0.3, -0.25) is 9.48 Å². The molecule has 0 aliphatic rings. The molecule has 126 valence electrons. The second-order valence-electron chi connectivity index (χ2n) is 5.18. The molecule has 0 fully saturated rings. The zero-order chi connectivity index (χ0) is 17.5. The van der Waals surface area contributed by atoms with Crippen LogP contribution in [0.2, 0.25) is 0 Å². The molecule has 2 aromatic heterocycles. The van der Waals surface area contributed by atoms with Gasteiger partial charge in [-0.05, 0) is 25.1 Å². The molecule has 0 radical (unpaired) electrons. The molecule has 0 aliphatic carbocycles. The van der Waals surface area contributed by atoms with Gasteiger partial charge in [0, 0.05) is 24.7 Å². The molecule has 0 bridgehead atoms. The standard InChI is InChI=1S/C16H14F3N3OS/c1-3-22(10-7-5-4-6-8-10)14(23)12-9-11-13(16(17,18)19)20-21(2)15(11)24-12/h4-9H,3H2,1-2H3. The van der Waals surface area contributed by atoms with Crippen molar-refractivity contribution in [3.63, 3.8) is 0 Å². The van der Waals surface area contributed by atoms with Crippen LogP contribution >= 0.6 is 11.3 Å². The maximum atomic E-state index is 13.1. The van der Waals surface area contributed by atoms with Crippen LogP contribution in [0.3, 0.4) is 0 Å². The van der Waals surface area contributed by atoms with Gasteiger partial charge in [-0.15, -0.1) is 11.3 Å². The van der Waals surface area contributed by atoms with Crippen LogP contribution in [0, 0.1) is 0 Å². The first-order chi connectivity index (χ1) is 11.3. The number of nitrogens with zero attached hydrogens (tertiary/aromatic N) is 3. The van der Waals surface area contributed by atoms with Gasteiger partial charge in [0.05, 0.1) is 4.88 Å². The van der Waals surface area contributed by atoms with Crippen LogP contribution in [0.25, 0.3) is 10.2 Å². The third kappa shape index (κ3) is 2.77. The highest BCUT2D eigenvalue weighted by Crippen LogP contribution is 2.37. The number of benzene rings is 1. The molecule has 0 atom stereocenters. The highest BCUT2D eigenvalue weighted by molar-refractivity contribution is 7.20. The Labute approximate surface area is 140 Å². The lowest BCUT2D eigenvalue weighted by Gasteiger charge is -2.20. The van der Waals surface area contributed by atoms with Crippen molar-refractivity contribution in [1.29, 1.82) is 0 Å². The molecule has 0 saturated heterocycles. The fourth-order valence-electron chi connectivity index (χ4n) is 2.54. The number of alkyl halides is 3. The molecule has 0 spiro atoms. The van der Waals surface area contributed by atoms with Crippen molar-refractivity contribution in [3.05, 3.63) is 47.0 Å². The molecule has 1 amide bonds. The van der Waals surface area contributed by atoms with E-state index in [2.05, 4.69) is 5.10 Å². The van der Waals surface area contributed by atoms with Gasteiger partial charge < -0.3 is 4.90 Å². The average molecular weight is 353 g/mol. The van der Waals surface area contributed by atoms with E-state index in [0.717, 1.165) is 11.3 Å². The number of carbonyl (C=O) groups is 1. The first-order valence-corrected chi connectivity index (χ1v) is 8.05. The van der Waals surface area contributed by atoms with Crippen molar-refractivity contribution in [2.45, 2.75) is 13.1 Å². The van der Waals surface area contributed by atoms with E-state index in [1.54, 1.807) is 12.1 Å². The Kier molecular flexibility index (Phi) is 4.08. The van der Waals surface area contributed by atoms with Crippen molar-refractivity contribution < 1.29 is 18.0 Å². The number of amides is 1. The Morgan fingerprint density at radius 2 is 1.96 bits per heavy atom. The summed E-state index contributed by atoms with van der Waals surface area (Å²) < 4.78 is 40.4. The SMILES string of the molecule is CCN(C(=O)c1cc2c(C(F)(F)F)nn(C)c2s1)c1ccccc1. The number of fused-ring (bicyclic) bond motifs is 1. The van der Waals surface area contributed by atoms with Crippen LogP contribution in [-0.4, -0.2) is 22.2 Å². The molecular weight excluding hydrogens is 339 g/mol. The number of halogens is 3. The molecule has 3 rings (SSSR count). The van der Waals surface area contributed by atoms with E-state index in [1.807, 2.05) is 25.1 Å². The monoisotopic (exact) mass is 353 g/mol. The summed E-state index contributed by atoms with van der Waals surface area (Å²) in [5.74, 6) is -0.321. The maximum Gasteiger partial charge on any atom is 0.435 e. The van der Waals surface area contributed by atoms with E-state index in [1.165, 1.54) is 22.7 Å². The van der Waals surface area contributed by atoms with Gasteiger partial charge in [-0.25, -0.2) is 0 Å². The summed E-state index contributed by atoms with van der Waals surface area (Å²) in [6, 6.07) is 10.3. The first kappa shape index (κ1) is 16.5. The highest BCUT2D eigenvalue weighted by Gasteiger charge is 2.37. The number of rotatable bonds is 3. The number of carbonyl (C=O) groups excluding carboxylic acids is 1. The zero-order valence-electron chi connectivity index (χ0n) is 13.0. The van der Waals surface area contributed by atoms with Crippen LogP contribution in [0.1, 0.15) is 22.3 Å². The normalized spacial score (nSPS) is 11.9. The topological polar surface area (TPSA) is 38.1 Å². The van der Waals surface area contributed by atoms with Crippen LogP contribution in [0.5, 0.6) is 0 Å². The minimum atomic E-state index is -4.55. The molecule has 2 heterocycles. The zero-order valence-corrected chi connectivity index (χ0v) is 13.8. The summed E-state index contributed by atoms with van der Waals surface area (Å²) in [6.07, 6.45) is -4.55. The Morgan fingerprint density at radius 3 is 2.54 bits per heavy atom. The van der Waals surface area contributed by atoms with E-state index in [0.29, 0.717) is 17.1 Å². The number of hydrogen-bond acceptors (Lipinski definition) is 3. The maximum absolute atomic E-state index is 13.1. The summed E-state index contributed by atoms with van der Waals surface area (Å²) in [4.78, 5) is 14.9. The van der Waals surface area contributed by atoms with Crippen molar-refractivity contribution >= 4 is 33.1 Å². The highest BCUT2D eigenvalue weighted by atomic mass is 32.1. The minimum absolute atomic E-state index is 0.0394. The van der Waals surface area contributed by atoms with Crippen molar-refractivity contribution in [1.82, 2.24) is 9.78 Å². The largest absolute Gasteiger partial charge is 0.435 e. The number of para-hydroxylation sites is 1. The quantitative estimate of drug-likeness (QED) is 0.703. The van der Waals surface area contributed by atoms with Crippen LogP contribution in [0.15, 0.2) is 36.4 Å². The lowest BCUT2D eigenvalue weighted by Crippen LogP contribution is -2.29. The van der Waals surface area contributed by atoms with E-state index >= 15 is 0 Å². The average Bonchev–Trinajstić information content (AvgIpc) is 3.09. The Hall–Kier alpha value is -2.35. The minimum Gasteiger partial charge on any atom is -0.308 e. The van der Waals surface area contributed by atoms with Gasteiger partial charge in [0.2, 0.25) is 0 Å². The summed E-state index contributed by atoms with van der Waals surface area (Å²) in [5, 5.41) is 3.48. The van der Waals surface area contributed by atoms with E-state index in [-0.39, 0.29) is 16.2 Å². The second kappa shape index (κ2) is 5.94. The molecule has 8 heteroatoms. The number of hydrogen-bond donors (Lipinski definition) is 0. The summed E-state index contributed by atoms with van der Waals surface area (Å²) in [7, 11) is 1.44.